The third kappa shape index (κ3) is 2.26. The Balaban J connectivity index is 1.95. The minimum Gasteiger partial charge on any atom is -0.294 e. The van der Waals surface area contributed by atoms with Crippen LogP contribution < -0.4 is 10.6 Å². The second-order valence-corrected chi connectivity index (χ2v) is 6.38. The third-order valence-corrected chi connectivity index (χ3v) is 4.80. The fraction of sp³-hybridized carbons (Fsp3) is 0.0435. The molecule has 1 heterocycles. The van der Waals surface area contributed by atoms with E-state index in [2.05, 4.69) is 54.6 Å². The molecule has 0 radical (unpaired) electrons. The van der Waals surface area contributed by atoms with Gasteiger partial charge in [0.15, 0.2) is 5.78 Å². The molecule has 0 amide bonds. The van der Waals surface area contributed by atoms with E-state index in [9.17, 15) is 4.79 Å². The highest BCUT2D eigenvalue weighted by Gasteiger charge is 2.10. The van der Waals surface area contributed by atoms with Crippen LogP contribution >= 0.6 is 0 Å². The first-order chi connectivity index (χ1) is 12.3. The van der Waals surface area contributed by atoms with Crippen LogP contribution in [0.4, 0.5) is 0 Å². The zero-order chi connectivity index (χ0) is 16.8. The first-order valence-electron chi connectivity index (χ1n) is 8.42. The molecule has 0 unspecified atom stereocenters. The predicted octanol–water partition coefficient (Wildman–Crippen LogP) is 3.59. The van der Waals surface area contributed by atoms with Crippen LogP contribution in [-0.4, -0.2) is 10.8 Å². The fourth-order valence-corrected chi connectivity index (χ4v) is 3.62. The Morgan fingerprint density at radius 2 is 1.76 bits per heavy atom. The first-order valence-corrected chi connectivity index (χ1v) is 8.42. The first kappa shape index (κ1) is 14.1. The molecule has 0 saturated carbocycles. The number of pyridine rings is 1. The lowest BCUT2D eigenvalue weighted by Crippen LogP contribution is -2.32. The van der Waals surface area contributed by atoms with Crippen molar-refractivity contribution in [3.63, 3.8) is 0 Å². The van der Waals surface area contributed by atoms with Crippen LogP contribution in [0.15, 0.2) is 66.7 Å². The second kappa shape index (κ2) is 5.38. The van der Waals surface area contributed by atoms with Gasteiger partial charge in [0.1, 0.15) is 0 Å². The van der Waals surface area contributed by atoms with Gasteiger partial charge in [-0.3, -0.25) is 4.79 Å². The number of carbonyl (C=O) groups excluding carboxylic acids is 1. The molecule has 1 aromatic heterocycles. The number of Topliss-reactive ketones (excluding diaryl/α,β-unsaturated/α-hetero) is 1. The van der Waals surface area contributed by atoms with Crippen LogP contribution in [0.5, 0.6) is 0 Å². The molecule has 118 valence electrons. The summed E-state index contributed by atoms with van der Waals surface area (Å²) in [7, 11) is 0. The number of aromatic nitrogens is 1. The monoisotopic (exact) mass is 321 g/mol. The Labute approximate surface area is 144 Å². The Morgan fingerprint density at radius 3 is 2.64 bits per heavy atom. The molecular formula is C23H15NO. The van der Waals surface area contributed by atoms with E-state index >= 15 is 0 Å². The molecule has 1 aliphatic rings. The minimum absolute atomic E-state index is 0.116. The maximum atomic E-state index is 11.7. The molecule has 1 aliphatic carbocycles. The van der Waals surface area contributed by atoms with Crippen molar-refractivity contribution in [3.8, 4) is 11.1 Å². The Hall–Kier alpha value is -3.26. The van der Waals surface area contributed by atoms with Crippen LogP contribution in [0.2, 0.25) is 0 Å². The van der Waals surface area contributed by atoms with Crippen molar-refractivity contribution in [1.29, 1.82) is 0 Å². The van der Waals surface area contributed by atoms with Crippen molar-refractivity contribution in [3.05, 3.63) is 77.3 Å². The van der Waals surface area contributed by atoms with Crippen LogP contribution in [0.3, 0.4) is 0 Å². The van der Waals surface area contributed by atoms with Crippen molar-refractivity contribution < 1.29 is 4.79 Å². The molecule has 25 heavy (non-hydrogen) atoms. The lowest BCUT2D eigenvalue weighted by atomic mass is 9.94. The van der Waals surface area contributed by atoms with E-state index in [4.69, 9.17) is 4.98 Å². The van der Waals surface area contributed by atoms with Gasteiger partial charge in [0, 0.05) is 17.9 Å². The van der Waals surface area contributed by atoms with E-state index in [-0.39, 0.29) is 5.78 Å². The highest BCUT2D eigenvalue weighted by atomic mass is 16.1. The minimum atomic E-state index is 0.116. The van der Waals surface area contributed by atoms with Crippen LogP contribution in [0.1, 0.15) is 6.42 Å². The van der Waals surface area contributed by atoms with Gasteiger partial charge in [-0.2, -0.15) is 0 Å². The Bertz CT molecular complexity index is 1270. The molecular weight excluding hydrogens is 306 g/mol. The van der Waals surface area contributed by atoms with Gasteiger partial charge in [-0.05, 0) is 39.3 Å². The molecule has 4 aromatic rings. The van der Waals surface area contributed by atoms with Crippen molar-refractivity contribution >= 4 is 39.6 Å². The topological polar surface area (TPSA) is 30.0 Å². The number of hydrogen-bond acceptors (Lipinski definition) is 2. The summed E-state index contributed by atoms with van der Waals surface area (Å²) in [5.41, 5.74) is 3.33. The van der Waals surface area contributed by atoms with Gasteiger partial charge in [0.05, 0.1) is 10.9 Å². The lowest BCUT2D eigenvalue weighted by molar-refractivity contribution is -0.112. The predicted molar refractivity (Wildman–Crippen MR) is 102 cm³/mol. The van der Waals surface area contributed by atoms with Crippen molar-refractivity contribution in [2.45, 2.75) is 6.42 Å². The van der Waals surface area contributed by atoms with E-state index in [1.54, 1.807) is 6.08 Å². The van der Waals surface area contributed by atoms with Gasteiger partial charge in [-0.15, -0.1) is 0 Å². The molecule has 0 aliphatic heterocycles. The smallest absolute Gasteiger partial charge is 0.161 e. The number of rotatable bonds is 1. The van der Waals surface area contributed by atoms with Crippen LogP contribution in [0, 0.1) is 0 Å². The largest absolute Gasteiger partial charge is 0.294 e. The number of carbonyl (C=O) groups is 1. The SMILES string of the molecule is O=C1C=c2nc3ccc4cccc(-c5ccccc5)c4c3cc2=CC1. The van der Waals surface area contributed by atoms with Gasteiger partial charge in [0.2, 0.25) is 0 Å². The molecule has 0 saturated heterocycles. The third-order valence-electron chi connectivity index (χ3n) is 4.80. The summed E-state index contributed by atoms with van der Waals surface area (Å²) in [5.74, 6) is 0.116. The number of benzene rings is 3. The van der Waals surface area contributed by atoms with E-state index in [0.717, 1.165) is 21.5 Å². The number of ketones is 1. The molecule has 0 bridgehead atoms. The molecule has 0 spiro atoms. The fourth-order valence-electron chi connectivity index (χ4n) is 3.62. The summed E-state index contributed by atoms with van der Waals surface area (Å²) in [6.45, 7) is 0. The van der Waals surface area contributed by atoms with Crippen molar-refractivity contribution in [2.75, 3.05) is 0 Å². The summed E-state index contributed by atoms with van der Waals surface area (Å²) in [4.78, 5) is 16.4. The van der Waals surface area contributed by atoms with Crippen LogP contribution in [-0.2, 0) is 4.79 Å². The average molecular weight is 321 g/mol. The quantitative estimate of drug-likeness (QED) is 0.502. The van der Waals surface area contributed by atoms with Gasteiger partial charge in [-0.25, -0.2) is 4.98 Å². The number of nitrogens with zero attached hydrogens (tertiary/aromatic N) is 1. The summed E-state index contributed by atoms with van der Waals surface area (Å²) in [6.07, 6.45) is 4.09. The number of hydrogen-bond donors (Lipinski definition) is 0. The second-order valence-electron chi connectivity index (χ2n) is 6.38. The molecule has 3 aromatic carbocycles. The zero-order valence-electron chi connectivity index (χ0n) is 13.6. The Kier molecular flexibility index (Phi) is 3.04. The molecule has 0 atom stereocenters. The number of fused-ring (bicyclic) bond motifs is 4. The van der Waals surface area contributed by atoms with Gasteiger partial charge in [0.25, 0.3) is 0 Å². The maximum Gasteiger partial charge on any atom is 0.161 e. The summed E-state index contributed by atoms with van der Waals surface area (Å²) in [6, 6.07) is 23.2. The highest BCUT2D eigenvalue weighted by molar-refractivity contribution is 6.14. The average Bonchev–Trinajstić information content (AvgIpc) is 2.66. The molecule has 2 heteroatoms. The van der Waals surface area contributed by atoms with E-state index in [1.165, 1.54) is 21.9 Å². The Morgan fingerprint density at radius 1 is 0.880 bits per heavy atom. The normalized spacial score (nSPS) is 13.4. The van der Waals surface area contributed by atoms with Gasteiger partial charge >= 0.3 is 0 Å². The molecule has 0 fully saturated rings. The zero-order valence-corrected chi connectivity index (χ0v) is 13.6. The standard InChI is InChI=1S/C23H15NO/c25-18-11-9-17-13-20-21(24-22(17)14-18)12-10-16-7-4-8-19(23(16)20)15-5-2-1-3-6-15/h1-10,12-14H,11H2. The lowest BCUT2D eigenvalue weighted by Gasteiger charge is -2.11. The molecule has 0 N–H and O–H groups in total. The van der Waals surface area contributed by atoms with Gasteiger partial charge in [-0.1, -0.05) is 60.7 Å². The highest BCUT2D eigenvalue weighted by Crippen LogP contribution is 2.33. The van der Waals surface area contributed by atoms with Crippen molar-refractivity contribution in [1.82, 2.24) is 4.98 Å². The molecule has 2 nitrogen and oxygen atoms in total. The van der Waals surface area contributed by atoms with Gasteiger partial charge < -0.3 is 0 Å². The van der Waals surface area contributed by atoms with E-state index < -0.39 is 0 Å². The van der Waals surface area contributed by atoms with E-state index in [0.29, 0.717) is 6.42 Å². The van der Waals surface area contributed by atoms with E-state index in [1.807, 2.05) is 18.2 Å². The van der Waals surface area contributed by atoms with Crippen molar-refractivity contribution in [2.24, 2.45) is 0 Å². The summed E-state index contributed by atoms with van der Waals surface area (Å²) < 4.78 is 0. The summed E-state index contributed by atoms with van der Waals surface area (Å²) in [5, 5.41) is 5.37. The van der Waals surface area contributed by atoms with Crippen LogP contribution in [0.25, 0.3) is 45.0 Å². The summed E-state index contributed by atoms with van der Waals surface area (Å²) >= 11 is 0. The molecule has 5 rings (SSSR count). The maximum absolute atomic E-state index is 11.7.